The third-order valence-electron chi connectivity index (χ3n) is 5.44. The Bertz CT molecular complexity index is 999. The molecular weight excluding hydrogens is 396 g/mol. The number of hydrogen-bond acceptors (Lipinski definition) is 4. The first kappa shape index (κ1) is 20.3. The van der Waals surface area contributed by atoms with Crippen LogP contribution in [0.5, 0.6) is 5.75 Å². The molecule has 0 saturated heterocycles. The van der Waals surface area contributed by atoms with Crippen LogP contribution in [0, 0.1) is 0 Å². The maximum Gasteiger partial charge on any atom is 0.343 e. The lowest BCUT2D eigenvalue weighted by atomic mass is 9.85. The second-order valence-electron chi connectivity index (χ2n) is 7.50. The number of thiocarbonyl (C=S) groups is 1. The molecule has 1 heterocycles. The number of esters is 1. The van der Waals surface area contributed by atoms with Gasteiger partial charge in [-0.15, -0.1) is 0 Å². The van der Waals surface area contributed by atoms with Crippen LogP contribution in [0.2, 0.25) is 0 Å². The van der Waals surface area contributed by atoms with Crippen LogP contribution < -0.4 is 10.1 Å². The van der Waals surface area contributed by atoms with E-state index < -0.39 is 5.97 Å². The van der Waals surface area contributed by atoms with Crippen molar-refractivity contribution in [3.63, 3.8) is 0 Å². The first-order chi connectivity index (χ1) is 14.6. The molecular formula is C24H24N2O3S. The highest BCUT2D eigenvalue weighted by molar-refractivity contribution is 7.80. The maximum atomic E-state index is 12.8. The number of allylic oxidation sites excluding steroid dienone is 1. The normalized spacial score (nSPS) is 18.7. The average Bonchev–Trinajstić information content (AvgIpc) is 2.77. The minimum absolute atomic E-state index is 0.178. The van der Waals surface area contributed by atoms with Crippen molar-refractivity contribution in [2.45, 2.75) is 38.6 Å². The van der Waals surface area contributed by atoms with Gasteiger partial charge in [-0.2, -0.15) is 0 Å². The quantitative estimate of drug-likeness (QED) is 0.435. The fourth-order valence-corrected chi connectivity index (χ4v) is 4.35. The molecule has 2 aromatic carbocycles. The van der Waals surface area contributed by atoms with Crippen LogP contribution in [-0.4, -0.2) is 28.3 Å². The third kappa shape index (κ3) is 4.00. The van der Waals surface area contributed by atoms with Gasteiger partial charge < -0.3 is 15.0 Å². The number of carbonyl (C=O) groups is 2. The van der Waals surface area contributed by atoms with Crippen molar-refractivity contribution in [1.82, 2.24) is 10.2 Å². The molecule has 1 aliphatic carbocycles. The number of ether oxygens (including phenoxy) is 1. The van der Waals surface area contributed by atoms with Gasteiger partial charge in [0.15, 0.2) is 10.9 Å². The molecule has 0 spiro atoms. The molecule has 1 N–H and O–H groups in total. The molecule has 6 heteroatoms. The minimum atomic E-state index is -0.400. The van der Waals surface area contributed by atoms with Crippen LogP contribution in [0.3, 0.4) is 0 Å². The van der Waals surface area contributed by atoms with Crippen molar-refractivity contribution < 1.29 is 14.3 Å². The van der Waals surface area contributed by atoms with E-state index >= 15 is 0 Å². The molecule has 0 bridgehead atoms. The van der Waals surface area contributed by atoms with E-state index in [1.165, 1.54) is 0 Å². The van der Waals surface area contributed by atoms with E-state index in [9.17, 15) is 9.59 Å². The van der Waals surface area contributed by atoms with E-state index in [0.29, 0.717) is 22.8 Å². The highest BCUT2D eigenvalue weighted by Gasteiger charge is 2.36. The fraction of sp³-hybridized carbons (Fsp3) is 0.292. The number of Topliss-reactive ketones (excluding diaryl/α,β-unsaturated/α-hetero) is 1. The van der Waals surface area contributed by atoms with Gasteiger partial charge in [-0.05, 0) is 61.3 Å². The summed E-state index contributed by atoms with van der Waals surface area (Å²) in [6, 6.07) is 15.9. The molecule has 0 aromatic heterocycles. The summed E-state index contributed by atoms with van der Waals surface area (Å²) >= 11 is 5.61. The molecule has 154 valence electrons. The van der Waals surface area contributed by atoms with E-state index in [4.69, 9.17) is 17.0 Å². The summed E-state index contributed by atoms with van der Waals surface area (Å²) in [6.45, 7) is 2.91. The lowest BCUT2D eigenvalue weighted by Gasteiger charge is -2.41. The Labute approximate surface area is 181 Å². The van der Waals surface area contributed by atoms with Crippen molar-refractivity contribution in [2.75, 3.05) is 6.54 Å². The van der Waals surface area contributed by atoms with Crippen molar-refractivity contribution in [1.29, 1.82) is 0 Å². The molecule has 0 amide bonds. The summed E-state index contributed by atoms with van der Waals surface area (Å²) in [5, 5.41) is 4.02. The first-order valence-electron chi connectivity index (χ1n) is 10.3. The number of nitrogens with one attached hydrogen (secondary N) is 1. The van der Waals surface area contributed by atoms with Crippen LogP contribution in [0.4, 0.5) is 0 Å². The number of benzene rings is 2. The van der Waals surface area contributed by atoms with Crippen LogP contribution in [0.1, 0.15) is 54.6 Å². The Hall–Kier alpha value is -2.99. The Kier molecular flexibility index (Phi) is 5.95. The van der Waals surface area contributed by atoms with Crippen LogP contribution >= 0.6 is 12.2 Å². The Morgan fingerprint density at radius 3 is 2.57 bits per heavy atom. The highest BCUT2D eigenvalue weighted by atomic mass is 32.1. The first-order valence-corrected chi connectivity index (χ1v) is 10.7. The molecule has 1 aliphatic heterocycles. The molecule has 4 rings (SSSR count). The van der Waals surface area contributed by atoms with E-state index in [1.54, 1.807) is 36.4 Å². The summed E-state index contributed by atoms with van der Waals surface area (Å²) in [6.07, 6.45) is 3.25. The third-order valence-corrected chi connectivity index (χ3v) is 5.78. The maximum absolute atomic E-state index is 12.8. The zero-order chi connectivity index (χ0) is 21.1. The summed E-state index contributed by atoms with van der Waals surface area (Å²) in [7, 11) is 0. The summed E-state index contributed by atoms with van der Waals surface area (Å²) in [5.74, 6) is 0.239. The monoisotopic (exact) mass is 420 g/mol. The lowest BCUT2D eigenvalue weighted by Crippen LogP contribution is -2.49. The largest absolute Gasteiger partial charge is 0.423 e. The molecule has 5 nitrogen and oxygen atoms in total. The SMILES string of the molecule is CCCN1C(=S)NC(c2ccc(OC(=O)c3ccccc3)cc2)C2=C1CCCC2=O. The molecule has 30 heavy (non-hydrogen) atoms. The van der Waals surface area contributed by atoms with E-state index in [1.807, 2.05) is 18.2 Å². The van der Waals surface area contributed by atoms with Crippen LogP contribution in [0.15, 0.2) is 65.9 Å². The van der Waals surface area contributed by atoms with E-state index in [2.05, 4.69) is 17.1 Å². The Balaban J connectivity index is 1.59. The van der Waals surface area contributed by atoms with Crippen molar-refractivity contribution in [3.05, 3.63) is 77.0 Å². The molecule has 1 unspecified atom stereocenters. The van der Waals surface area contributed by atoms with E-state index in [-0.39, 0.29) is 11.8 Å². The van der Waals surface area contributed by atoms with E-state index in [0.717, 1.165) is 42.6 Å². The van der Waals surface area contributed by atoms with Gasteiger partial charge in [-0.3, -0.25) is 4.79 Å². The van der Waals surface area contributed by atoms with Gasteiger partial charge >= 0.3 is 5.97 Å². The van der Waals surface area contributed by atoms with Crippen LogP contribution in [-0.2, 0) is 4.79 Å². The minimum Gasteiger partial charge on any atom is -0.423 e. The van der Waals surface area contributed by atoms with Gasteiger partial charge in [-0.1, -0.05) is 37.3 Å². The van der Waals surface area contributed by atoms with Gasteiger partial charge in [0, 0.05) is 24.2 Å². The van der Waals surface area contributed by atoms with Crippen molar-refractivity contribution in [3.8, 4) is 5.75 Å². The molecule has 2 aromatic rings. The van der Waals surface area contributed by atoms with Gasteiger partial charge in [0.1, 0.15) is 5.75 Å². The van der Waals surface area contributed by atoms with Gasteiger partial charge in [0.25, 0.3) is 0 Å². The fourth-order valence-electron chi connectivity index (χ4n) is 4.03. The number of ketones is 1. The second-order valence-corrected chi connectivity index (χ2v) is 7.88. The Morgan fingerprint density at radius 2 is 1.87 bits per heavy atom. The highest BCUT2D eigenvalue weighted by Crippen LogP contribution is 2.37. The molecule has 0 radical (unpaired) electrons. The van der Waals surface area contributed by atoms with Crippen LogP contribution in [0.25, 0.3) is 0 Å². The predicted molar refractivity (Wildman–Crippen MR) is 119 cm³/mol. The zero-order valence-corrected chi connectivity index (χ0v) is 17.7. The second kappa shape index (κ2) is 8.79. The zero-order valence-electron chi connectivity index (χ0n) is 16.9. The summed E-state index contributed by atoms with van der Waals surface area (Å²) < 4.78 is 5.47. The summed E-state index contributed by atoms with van der Waals surface area (Å²) in [4.78, 5) is 27.1. The smallest absolute Gasteiger partial charge is 0.343 e. The van der Waals surface area contributed by atoms with Gasteiger partial charge in [0.2, 0.25) is 0 Å². The lowest BCUT2D eigenvalue weighted by molar-refractivity contribution is -0.116. The number of rotatable bonds is 5. The Morgan fingerprint density at radius 1 is 1.13 bits per heavy atom. The van der Waals surface area contributed by atoms with Gasteiger partial charge in [-0.25, -0.2) is 4.79 Å². The molecule has 1 atom stereocenters. The van der Waals surface area contributed by atoms with Crippen molar-refractivity contribution in [2.24, 2.45) is 0 Å². The molecule has 0 fully saturated rings. The standard InChI is InChI=1S/C24H24N2O3S/c1-2-15-26-19-9-6-10-20(27)21(19)22(25-24(26)30)16-11-13-18(14-12-16)29-23(28)17-7-4-3-5-8-17/h3-5,7-8,11-14,22H,2,6,9-10,15H2,1H3,(H,25,30). The summed E-state index contributed by atoms with van der Waals surface area (Å²) in [5.41, 5.74) is 3.30. The van der Waals surface area contributed by atoms with Crippen molar-refractivity contribution >= 4 is 29.1 Å². The molecule has 2 aliphatic rings. The molecule has 0 saturated carbocycles. The van der Waals surface area contributed by atoms with Gasteiger partial charge in [0.05, 0.1) is 11.6 Å². The predicted octanol–water partition coefficient (Wildman–Crippen LogP) is 4.55. The number of carbonyl (C=O) groups excluding carboxylic acids is 2. The number of hydrogen-bond donors (Lipinski definition) is 1. The number of nitrogens with zero attached hydrogens (tertiary/aromatic N) is 1. The average molecular weight is 421 g/mol. The topological polar surface area (TPSA) is 58.6 Å².